The van der Waals surface area contributed by atoms with Crippen LogP contribution in [0.15, 0.2) is 34.8 Å². The van der Waals surface area contributed by atoms with Gasteiger partial charge in [-0.1, -0.05) is 6.07 Å². The Kier molecular flexibility index (Phi) is 5.07. The Bertz CT molecular complexity index is 722. The third-order valence-electron chi connectivity index (χ3n) is 2.87. The fourth-order valence-corrected chi connectivity index (χ4v) is 2.35. The van der Waals surface area contributed by atoms with Crippen LogP contribution in [0.3, 0.4) is 0 Å². The molecule has 116 valence electrons. The number of halogens is 4. The fourth-order valence-electron chi connectivity index (χ4n) is 1.75. The van der Waals surface area contributed by atoms with Gasteiger partial charge in [-0.25, -0.2) is 13.2 Å². The first-order valence-electron chi connectivity index (χ1n) is 6.32. The molecule has 2 aromatic carbocycles. The summed E-state index contributed by atoms with van der Waals surface area (Å²) in [6, 6.07) is 7.19. The highest BCUT2D eigenvalue weighted by atomic mass is 79.9. The number of aryl methyl sites for hydroxylation is 1. The van der Waals surface area contributed by atoms with E-state index in [9.17, 15) is 18.0 Å². The minimum absolute atomic E-state index is 0.281. The Balaban J connectivity index is 2.00. The van der Waals surface area contributed by atoms with Crippen LogP contribution in [0.25, 0.3) is 0 Å². The van der Waals surface area contributed by atoms with Gasteiger partial charge in [-0.2, -0.15) is 0 Å². The molecule has 0 aromatic heterocycles. The van der Waals surface area contributed by atoms with E-state index >= 15 is 0 Å². The van der Waals surface area contributed by atoms with Crippen molar-refractivity contribution in [2.45, 2.75) is 6.92 Å². The van der Waals surface area contributed by atoms with Gasteiger partial charge in [0, 0.05) is 4.47 Å². The first-order chi connectivity index (χ1) is 10.4. The van der Waals surface area contributed by atoms with Gasteiger partial charge in [0.25, 0.3) is 0 Å². The molecule has 0 fully saturated rings. The fraction of sp³-hybridized carbons (Fsp3) is 0.133. The second kappa shape index (κ2) is 6.83. The van der Waals surface area contributed by atoms with Crippen LogP contribution in [0.2, 0.25) is 0 Å². The molecule has 0 spiro atoms. The SMILES string of the molecule is Cc1ccc(NC(=O)CNc2ccc(F)c(F)c2F)c(Br)c1. The molecule has 0 aliphatic rings. The van der Waals surface area contributed by atoms with Gasteiger partial charge in [0.05, 0.1) is 17.9 Å². The number of hydrogen-bond donors (Lipinski definition) is 2. The van der Waals surface area contributed by atoms with E-state index in [1.165, 1.54) is 0 Å². The quantitative estimate of drug-likeness (QED) is 0.788. The standard InChI is InChI=1S/C15H12BrF3N2O/c1-8-2-4-11(9(16)6-8)21-13(22)7-20-12-5-3-10(17)14(18)15(12)19/h2-6,20H,7H2,1H3,(H,21,22). The van der Waals surface area contributed by atoms with Gasteiger partial charge in [-0.15, -0.1) is 0 Å². The second-order valence-electron chi connectivity index (χ2n) is 4.61. The van der Waals surface area contributed by atoms with Crippen LogP contribution < -0.4 is 10.6 Å². The van der Waals surface area contributed by atoms with Crippen molar-refractivity contribution >= 4 is 33.2 Å². The van der Waals surface area contributed by atoms with Crippen molar-refractivity contribution in [2.75, 3.05) is 17.2 Å². The van der Waals surface area contributed by atoms with Crippen molar-refractivity contribution in [2.24, 2.45) is 0 Å². The van der Waals surface area contributed by atoms with E-state index in [1.54, 1.807) is 6.07 Å². The average Bonchev–Trinajstić information content (AvgIpc) is 2.47. The van der Waals surface area contributed by atoms with Crippen LogP contribution in [-0.2, 0) is 4.79 Å². The lowest BCUT2D eigenvalue weighted by Gasteiger charge is -2.10. The first kappa shape index (κ1) is 16.4. The van der Waals surface area contributed by atoms with Crippen molar-refractivity contribution in [3.05, 3.63) is 57.8 Å². The molecule has 2 N–H and O–H groups in total. The van der Waals surface area contributed by atoms with Crippen molar-refractivity contribution in [1.82, 2.24) is 0 Å². The average molecular weight is 373 g/mol. The Morgan fingerprint density at radius 1 is 1.09 bits per heavy atom. The van der Waals surface area contributed by atoms with Crippen LogP contribution in [0, 0.1) is 24.4 Å². The summed E-state index contributed by atoms with van der Waals surface area (Å²) in [6.07, 6.45) is 0. The normalized spacial score (nSPS) is 10.4. The highest BCUT2D eigenvalue weighted by molar-refractivity contribution is 9.10. The monoisotopic (exact) mass is 372 g/mol. The molecule has 1 amide bonds. The van der Waals surface area contributed by atoms with Crippen molar-refractivity contribution in [3.8, 4) is 0 Å². The summed E-state index contributed by atoms with van der Waals surface area (Å²) in [5.41, 5.74) is 1.30. The minimum atomic E-state index is -1.58. The summed E-state index contributed by atoms with van der Waals surface area (Å²) < 4.78 is 40.0. The summed E-state index contributed by atoms with van der Waals surface area (Å²) in [5.74, 6) is -4.67. The third kappa shape index (κ3) is 3.79. The van der Waals surface area contributed by atoms with E-state index in [1.807, 2.05) is 19.1 Å². The molecule has 2 rings (SSSR count). The van der Waals surface area contributed by atoms with Gasteiger partial charge in [0.2, 0.25) is 5.91 Å². The maximum Gasteiger partial charge on any atom is 0.243 e. The lowest BCUT2D eigenvalue weighted by atomic mass is 10.2. The largest absolute Gasteiger partial charge is 0.374 e. The topological polar surface area (TPSA) is 41.1 Å². The molecule has 0 saturated heterocycles. The van der Waals surface area contributed by atoms with E-state index in [2.05, 4.69) is 26.6 Å². The van der Waals surface area contributed by atoms with Gasteiger partial charge in [0.15, 0.2) is 17.5 Å². The summed E-state index contributed by atoms with van der Waals surface area (Å²) >= 11 is 3.31. The molecule has 0 bridgehead atoms. The van der Waals surface area contributed by atoms with Crippen LogP contribution in [0.5, 0.6) is 0 Å². The van der Waals surface area contributed by atoms with Crippen molar-refractivity contribution in [1.29, 1.82) is 0 Å². The van der Waals surface area contributed by atoms with Gasteiger partial charge in [-0.05, 0) is 52.7 Å². The molecule has 0 heterocycles. The molecule has 7 heteroatoms. The zero-order valence-corrected chi connectivity index (χ0v) is 13.1. The molecule has 22 heavy (non-hydrogen) atoms. The van der Waals surface area contributed by atoms with E-state index in [4.69, 9.17) is 0 Å². The zero-order chi connectivity index (χ0) is 16.3. The van der Waals surface area contributed by atoms with Gasteiger partial charge < -0.3 is 10.6 Å². The number of amides is 1. The number of hydrogen-bond acceptors (Lipinski definition) is 2. The van der Waals surface area contributed by atoms with E-state index in [0.717, 1.165) is 17.7 Å². The highest BCUT2D eigenvalue weighted by Gasteiger charge is 2.14. The molecule has 0 radical (unpaired) electrons. The van der Waals surface area contributed by atoms with E-state index in [-0.39, 0.29) is 12.2 Å². The molecule has 3 nitrogen and oxygen atoms in total. The molecule has 0 aliphatic heterocycles. The van der Waals surface area contributed by atoms with E-state index in [0.29, 0.717) is 10.2 Å². The predicted molar refractivity (Wildman–Crippen MR) is 82.3 cm³/mol. The number of carbonyl (C=O) groups is 1. The van der Waals surface area contributed by atoms with Crippen molar-refractivity contribution in [3.63, 3.8) is 0 Å². The van der Waals surface area contributed by atoms with Crippen LogP contribution in [0.4, 0.5) is 24.5 Å². The number of rotatable bonds is 4. The lowest BCUT2D eigenvalue weighted by molar-refractivity contribution is -0.114. The Morgan fingerprint density at radius 3 is 2.45 bits per heavy atom. The van der Waals surface area contributed by atoms with Gasteiger partial charge in [-0.3, -0.25) is 4.79 Å². The minimum Gasteiger partial charge on any atom is -0.374 e. The second-order valence-corrected chi connectivity index (χ2v) is 5.46. The summed E-state index contributed by atoms with van der Waals surface area (Å²) in [5, 5.41) is 5.04. The number of carbonyl (C=O) groups excluding carboxylic acids is 1. The third-order valence-corrected chi connectivity index (χ3v) is 3.53. The summed E-state index contributed by atoms with van der Waals surface area (Å²) in [4.78, 5) is 11.8. The molecular weight excluding hydrogens is 361 g/mol. The van der Waals surface area contributed by atoms with Gasteiger partial charge in [0.1, 0.15) is 0 Å². The Hall–Kier alpha value is -2.02. The molecule has 2 aromatic rings. The van der Waals surface area contributed by atoms with Crippen LogP contribution in [-0.4, -0.2) is 12.5 Å². The van der Waals surface area contributed by atoms with Crippen LogP contribution >= 0.6 is 15.9 Å². The van der Waals surface area contributed by atoms with Gasteiger partial charge >= 0.3 is 0 Å². The number of benzene rings is 2. The van der Waals surface area contributed by atoms with Crippen molar-refractivity contribution < 1.29 is 18.0 Å². The Labute approximate surface area is 133 Å². The first-order valence-corrected chi connectivity index (χ1v) is 7.11. The smallest absolute Gasteiger partial charge is 0.243 e. The van der Waals surface area contributed by atoms with E-state index < -0.39 is 23.4 Å². The highest BCUT2D eigenvalue weighted by Crippen LogP contribution is 2.23. The van der Waals surface area contributed by atoms with Crippen LogP contribution in [0.1, 0.15) is 5.56 Å². The molecule has 0 aliphatic carbocycles. The molecule has 0 unspecified atom stereocenters. The number of nitrogens with one attached hydrogen (secondary N) is 2. The predicted octanol–water partition coefficient (Wildman–Crippen LogP) is 4.23. The number of anilines is 2. The maximum absolute atomic E-state index is 13.4. The summed E-state index contributed by atoms with van der Waals surface area (Å²) in [6.45, 7) is 1.62. The lowest BCUT2D eigenvalue weighted by Crippen LogP contribution is -2.22. The molecule has 0 atom stereocenters. The summed E-state index contributed by atoms with van der Waals surface area (Å²) in [7, 11) is 0. The molecule has 0 saturated carbocycles. The zero-order valence-electron chi connectivity index (χ0n) is 11.5. The maximum atomic E-state index is 13.4. The molecular formula is C15H12BrF3N2O. The Morgan fingerprint density at radius 2 is 1.77 bits per heavy atom.